The van der Waals surface area contributed by atoms with Crippen LogP contribution in [0.5, 0.6) is 0 Å². The van der Waals surface area contributed by atoms with Crippen molar-refractivity contribution >= 4 is 92.9 Å². The topological polar surface area (TPSA) is 24.1 Å². The first kappa shape index (κ1) is 40.6. The smallest absolute Gasteiger partial charge is 0.234 e. The van der Waals surface area contributed by atoms with E-state index in [9.17, 15) is 4.39 Å². The first-order chi connectivity index (χ1) is 34.8. The molecule has 10 heteroatoms. The lowest BCUT2D eigenvalue weighted by Gasteiger charge is -2.21. The lowest BCUT2D eigenvalue weighted by molar-refractivity contribution is 0.381. The maximum absolute atomic E-state index is 16.5. The van der Waals surface area contributed by atoms with E-state index in [1.54, 1.807) is 10.6 Å². The number of fused-ring (bicyclic) bond motifs is 12. The summed E-state index contributed by atoms with van der Waals surface area (Å²) in [5.74, 6) is -10.5. The zero-order valence-electron chi connectivity index (χ0n) is 37.1. The molecule has 71 heavy (non-hydrogen) atoms. The Hall–Kier alpha value is -9.46. The SMILES string of the molecule is [C-]#[N+]c1c(-n2c3ccccc3c3ccc(-n4c5ccccc5c5ccccc54)cc32)ccc(-c2c(F)c(F)c(F)c(F)c2F)c1-n1c2ccccc2c2ccc(-n3c4ccccc4c4ccccc43)cc21. The molecule has 14 aromatic rings. The van der Waals surface area contributed by atoms with Gasteiger partial charge < -0.3 is 18.3 Å². The molecule has 0 aliphatic rings. The predicted octanol–water partition coefficient (Wildman–Crippen LogP) is 17.0. The molecule has 0 unspecified atom stereocenters. The Labute approximate surface area is 400 Å². The third-order valence-electron chi connectivity index (χ3n) is 14.2. The second kappa shape index (κ2) is 15.0. The number of hydrogen-bond acceptors (Lipinski definition) is 0. The Morgan fingerprint density at radius 1 is 0.310 bits per heavy atom. The fraction of sp³-hybridized carbons (Fsp3) is 0. The van der Waals surface area contributed by atoms with E-state index >= 15 is 17.6 Å². The van der Waals surface area contributed by atoms with Crippen LogP contribution in [-0.4, -0.2) is 18.3 Å². The highest BCUT2D eigenvalue weighted by Gasteiger charge is 2.32. The quantitative estimate of drug-likeness (QED) is 0.0711. The van der Waals surface area contributed by atoms with Gasteiger partial charge in [0.05, 0.1) is 67.6 Å². The number of aromatic nitrogens is 4. The molecule has 0 bridgehead atoms. The maximum Gasteiger partial charge on any atom is 0.234 e. The average molecular weight is 930 g/mol. The molecular formula is C61H32F5N5. The van der Waals surface area contributed by atoms with Gasteiger partial charge in [0, 0.05) is 60.0 Å². The maximum atomic E-state index is 16.5. The molecule has 0 saturated heterocycles. The highest BCUT2D eigenvalue weighted by atomic mass is 19.2. The van der Waals surface area contributed by atoms with Crippen molar-refractivity contribution in [2.75, 3.05) is 0 Å². The van der Waals surface area contributed by atoms with Crippen LogP contribution in [0.25, 0.3) is 126 Å². The normalized spacial score (nSPS) is 12.0. The molecule has 0 N–H and O–H groups in total. The first-order valence-corrected chi connectivity index (χ1v) is 22.9. The van der Waals surface area contributed by atoms with Crippen molar-refractivity contribution in [1.29, 1.82) is 0 Å². The van der Waals surface area contributed by atoms with E-state index < -0.39 is 34.6 Å². The van der Waals surface area contributed by atoms with Crippen LogP contribution in [0.1, 0.15) is 0 Å². The summed E-state index contributed by atoms with van der Waals surface area (Å²) < 4.78 is 86.9. The highest BCUT2D eigenvalue weighted by molar-refractivity contribution is 6.15. The minimum Gasteiger partial charge on any atom is -0.319 e. The second-order valence-corrected chi connectivity index (χ2v) is 17.7. The molecular weight excluding hydrogens is 898 g/mol. The Kier molecular flexibility index (Phi) is 8.59. The highest BCUT2D eigenvalue weighted by Crippen LogP contribution is 2.48. The van der Waals surface area contributed by atoms with E-state index in [1.807, 2.05) is 132 Å². The summed E-state index contributed by atoms with van der Waals surface area (Å²) in [5.41, 5.74) is 6.70. The number of rotatable bonds is 5. The van der Waals surface area contributed by atoms with Gasteiger partial charge in [-0.2, -0.15) is 0 Å². The van der Waals surface area contributed by atoms with Crippen molar-refractivity contribution in [3.05, 3.63) is 235 Å². The molecule has 0 spiro atoms. The molecule has 4 heterocycles. The van der Waals surface area contributed by atoms with Crippen LogP contribution < -0.4 is 0 Å². The van der Waals surface area contributed by atoms with Gasteiger partial charge >= 0.3 is 0 Å². The predicted molar refractivity (Wildman–Crippen MR) is 275 cm³/mol. The zero-order chi connectivity index (χ0) is 47.8. The van der Waals surface area contributed by atoms with Gasteiger partial charge in [-0.05, 0) is 66.7 Å². The van der Waals surface area contributed by atoms with Crippen molar-refractivity contribution < 1.29 is 22.0 Å². The molecule has 0 atom stereocenters. The van der Waals surface area contributed by atoms with Gasteiger partial charge in [-0.15, -0.1) is 0 Å². The van der Waals surface area contributed by atoms with Gasteiger partial charge in [-0.25, -0.2) is 26.8 Å². The first-order valence-electron chi connectivity index (χ1n) is 22.9. The van der Waals surface area contributed by atoms with E-state index in [-0.39, 0.29) is 16.9 Å². The lowest BCUT2D eigenvalue weighted by Crippen LogP contribution is -2.08. The summed E-state index contributed by atoms with van der Waals surface area (Å²) in [7, 11) is 0. The monoisotopic (exact) mass is 929 g/mol. The standard InChI is InChI=1S/C61H32F5N5/c1-67-60-51(70-49-24-12-6-18-40(49)42-28-26-34(32-52(42)70)68-45-20-8-2-14-36(45)37-15-3-9-21-46(37)68)31-30-44(54-55(62)57(64)59(66)58(65)56(54)63)61(60)71-50-25-13-7-19-41(50)43-29-27-35(33-53(43)71)69-47-22-10-4-16-38(47)39-17-5-11-23-48(39)69/h2-33H. The minimum absolute atomic E-state index is 0.0595. The van der Waals surface area contributed by atoms with Crippen LogP contribution in [0.15, 0.2) is 194 Å². The molecule has 336 valence electrons. The van der Waals surface area contributed by atoms with Gasteiger partial charge in [0.1, 0.15) is 0 Å². The van der Waals surface area contributed by atoms with Crippen LogP contribution in [-0.2, 0) is 0 Å². The third kappa shape index (κ3) is 5.54. The molecule has 0 fully saturated rings. The van der Waals surface area contributed by atoms with E-state index in [2.05, 4.69) is 68.6 Å². The van der Waals surface area contributed by atoms with Crippen molar-refractivity contribution in [3.8, 4) is 33.9 Å². The number of hydrogen-bond donors (Lipinski definition) is 0. The molecule has 0 aliphatic carbocycles. The lowest BCUT2D eigenvalue weighted by atomic mass is 9.98. The third-order valence-corrected chi connectivity index (χ3v) is 14.2. The molecule has 0 radical (unpaired) electrons. The van der Waals surface area contributed by atoms with E-state index in [0.29, 0.717) is 16.7 Å². The van der Waals surface area contributed by atoms with Crippen molar-refractivity contribution in [2.24, 2.45) is 0 Å². The van der Waals surface area contributed by atoms with Crippen LogP contribution >= 0.6 is 0 Å². The van der Waals surface area contributed by atoms with Gasteiger partial charge in [0.25, 0.3) is 0 Å². The van der Waals surface area contributed by atoms with Gasteiger partial charge in [0.15, 0.2) is 23.3 Å². The number of halogens is 5. The Balaban J connectivity index is 1.12. The minimum atomic E-state index is -2.27. The fourth-order valence-electron chi connectivity index (χ4n) is 11.2. The van der Waals surface area contributed by atoms with Crippen LogP contribution in [0.2, 0.25) is 0 Å². The molecule has 4 aromatic heterocycles. The Morgan fingerprint density at radius 2 is 0.634 bits per heavy atom. The summed E-state index contributed by atoms with van der Waals surface area (Å²) >= 11 is 0. The van der Waals surface area contributed by atoms with Crippen LogP contribution in [0, 0.1) is 35.7 Å². The van der Waals surface area contributed by atoms with Crippen molar-refractivity contribution in [3.63, 3.8) is 0 Å². The van der Waals surface area contributed by atoms with Gasteiger partial charge in [0.2, 0.25) is 11.5 Å². The Morgan fingerprint density at radius 3 is 1.03 bits per heavy atom. The van der Waals surface area contributed by atoms with Gasteiger partial charge in [-0.1, -0.05) is 127 Å². The van der Waals surface area contributed by atoms with E-state index in [4.69, 9.17) is 6.57 Å². The molecule has 5 nitrogen and oxygen atoms in total. The van der Waals surface area contributed by atoms with Crippen molar-refractivity contribution in [2.45, 2.75) is 0 Å². The molecule has 0 aliphatic heterocycles. The summed E-state index contributed by atoms with van der Waals surface area (Å²) in [6, 6.07) is 62.7. The van der Waals surface area contributed by atoms with Crippen LogP contribution in [0.3, 0.4) is 0 Å². The largest absolute Gasteiger partial charge is 0.319 e. The Bertz CT molecular complexity index is 4540. The van der Waals surface area contributed by atoms with E-state index in [0.717, 1.165) is 87.6 Å². The summed E-state index contributed by atoms with van der Waals surface area (Å²) in [5, 5.41) is 7.47. The second-order valence-electron chi connectivity index (χ2n) is 17.7. The fourth-order valence-corrected chi connectivity index (χ4v) is 11.2. The van der Waals surface area contributed by atoms with E-state index in [1.165, 1.54) is 6.07 Å². The number of benzene rings is 10. The summed E-state index contributed by atoms with van der Waals surface area (Å²) in [4.78, 5) is 4.22. The number of nitrogens with zero attached hydrogens (tertiary/aromatic N) is 5. The van der Waals surface area contributed by atoms with Gasteiger partial charge in [-0.3, -0.25) is 0 Å². The zero-order valence-corrected chi connectivity index (χ0v) is 37.1. The molecule has 14 rings (SSSR count). The average Bonchev–Trinajstić information content (AvgIpc) is 4.14. The molecule has 10 aromatic carbocycles. The van der Waals surface area contributed by atoms with Crippen molar-refractivity contribution in [1.82, 2.24) is 18.3 Å². The van der Waals surface area contributed by atoms with Crippen LogP contribution in [0.4, 0.5) is 27.6 Å². The molecule has 0 amide bonds. The number of para-hydroxylation sites is 6. The summed E-state index contributed by atoms with van der Waals surface area (Å²) in [6.07, 6.45) is 0. The molecule has 0 saturated carbocycles. The summed E-state index contributed by atoms with van der Waals surface area (Å²) in [6.45, 7) is 9.12.